The van der Waals surface area contributed by atoms with Crippen LogP contribution in [0.5, 0.6) is 0 Å². The second-order valence-electron chi connectivity index (χ2n) is 7.22. The molecule has 0 aliphatic carbocycles. The summed E-state index contributed by atoms with van der Waals surface area (Å²) in [7, 11) is 1.84. The molecule has 1 fully saturated rings. The summed E-state index contributed by atoms with van der Waals surface area (Å²) in [6, 6.07) is 15.1. The van der Waals surface area contributed by atoms with Gasteiger partial charge in [0.1, 0.15) is 0 Å². The molecular weight excluding hydrogens is 338 g/mol. The van der Waals surface area contributed by atoms with Gasteiger partial charge in [-0.1, -0.05) is 30.3 Å². The van der Waals surface area contributed by atoms with Gasteiger partial charge < -0.3 is 9.64 Å². The Hall–Kier alpha value is -2.46. The second-order valence-corrected chi connectivity index (χ2v) is 7.22. The lowest BCUT2D eigenvalue weighted by Crippen LogP contribution is -2.31. The molecule has 27 heavy (non-hydrogen) atoms. The number of nitrogens with zero attached hydrogens (tertiary/aromatic N) is 1. The van der Waals surface area contributed by atoms with Crippen LogP contribution < -0.4 is 0 Å². The molecule has 1 heterocycles. The fraction of sp³-hybridized carbons (Fsp3) is 0.391. The van der Waals surface area contributed by atoms with Gasteiger partial charge >= 0.3 is 0 Å². The van der Waals surface area contributed by atoms with Crippen LogP contribution in [-0.4, -0.2) is 42.9 Å². The SMILES string of the molecule is CC(=O)c1cccc(-c2ccc(C(=O)N(C)CC[C@@H]3CCCCO3)cc2)c1. The number of hydrogen-bond donors (Lipinski definition) is 0. The summed E-state index contributed by atoms with van der Waals surface area (Å²) < 4.78 is 5.74. The van der Waals surface area contributed by atoms with Crippen molar-refractivity contribution in [3.63, 3.8) is 0 Å². The number of ketones is 1. The van der Waals surface area contributed by atoms with E-state index in [1.54, 1.807) is 11.8 Å². The number of hydrogen-bond acceptors (Lipinski definition) is 3. The van der Waals surface area contributed by atoms with Gasteiger partial charge in [-0.2, -0.15) is 0 Å². The van der Waals surface area contributed by atoms with Gasteiger partial charge in [-0.15, -0.1) is 0 Å². The zero-order chi connectivity index (χ0) is 19.2. The van der Waals surface area contributed by atoms with E-state index in [-0.39, 0.29) is 17.8 Å². The second kappa shape index (κ2) is 8.96. The topological polar surface area (TPSA) is 46.6 Å². The smallest absolute Gasteiger partial charge is 0.253 e. The molecule has 2 aromatic rings. The highest BCUT2D eigenvalue weighted by atomic mass is 16.5. The van der Waals surface area contributed by atoms with Crippen molar-refractivity contribution in [2.24, 2.45) is 0 Å². The average Bonchev–Trinajstić information content (AvgIpc) is 2.72. The monoisotopic (exact) mass is 365 g/mol. The van der Waals surface area contributed by atoms with Gasteiger partial charge in [-0.25, -0.2) is 0 Å². The first-order valence-corrected chi connectivity index (χ1v) is 9.63. The fourth-order valence-corrected chi connectivity index (χ4v) is 3.42. The third-order valence-electron chi connectivity index (χ3n) is 5.14. The van der Waals surface area contributed by atoms with Crippen LogP contribution in [0.3, 0.4) is 0 Å². The summed E-state index contributed by atoms with van der Waals surface area (Å²) >= 11 is 0. The molecule has 1 atom stereocenters. The Morgan fingerprint density at radius 1 is 1.04 bits per heavy atom. The van der Waals surface area contributed by atoms with E-state index in [0.29, 0.717) is 17.7 Å². The maximum Gasteiger partial charge on any atom is 0.253 e. The standard InChI is InChI=1S/C23H27NO3/c1-17(25)20-6-5-7-21(16-20)18-9-11-19(12-10-18)23(26)24(2)14-13-22-8-3-4-15-27-22/h5-7,9-12,16,22H,3-4,8,13-15H2,1-2H3/t22-/m0/s1. The number of carbonyl (C=O) groups excluding carboxylic acids is 2. The van der Waals surface area contributed by atoms with Crippen LogP contribution >= 0.6 is 0 Å². The van der Waals surface area contributed by atoms with E-state index in [9.17, 15) is 9.59 Å². The molecule has 3 rings (SSSR count). The van der Waals surface area contributed by atoms with E-state index in [1.165, 1.54) is 6.42 Å². The van der Waals surface area contributed by atoms with Crippen molar-refractivity contribution >= 4 is 11.7 Å². The summed E-state index contributed by atoms with van der Waals surface area (Å²) in [6.07, 6.45) is 4.63. The highest BCUT2D eigenvalue weighted by Gasteiger charge is 2.17. The largest absolute Gasteiger partial charge is 0.378 e. The number of carbonyl (C=O) groups is 2. The van der Waals surface area contributed by atoms with Gasteiger partial charge in [0, 0.05) is 31.3 Å². The van der Waals surface area contributed by atoms with E-state index in [0.717, 1.165) is 37.0 Å². The lowest BCUT2D eigenvalue weighted by atomic mass is 10.0. The van der Waals surface area contributed by atoms with Gasteiger partial charge in [0.15, 0.2) is 5.78 Å². The lowest BCUT2D eigenvalue weighted by molar-refractivity contribution is 0.00709. The minimum absolute atomic E-state index is 0.0230. The first kappa shape index (κ1) is 19.3. The summed E-state index contributed by atoms with van der Waals surface area (Å²) in [4.78, 5) is 26.0. The Morgan fingerprint density at radius 3 is 2.48 bits per heavy atom. The first-order valence-electron chi connectivity index (χ1n) is 9.63. The van der Waals surface area contributed by atoms with Gasteiger partial charge in [0.25, 0.3) is 5.91 Å². The zero-order valence-corrected chi connectivity index (χ0v) is 16.1. The molecule has 0 aromatic heterocycles. The van der Waals surface area contributed by atoms with Gasteiger partial charge in [-0.3, -0.25) is 9.59 Å². The molecule has 0 unspecified atom stereocenters. The van der Waals surface area contributed by atoms with Gasteiger partial charge in [0.05, 0.1) is 6.10 Å². The molecule has 0 N–H and O–H groups in total. The van der Waals surface area contributed by atoms with Crippen molar-refractivity contribution in [1.29, 1.82) is 0 Å². The van der Waals surface area contributed by atoms with E-state index in [2.05, 4.69) is 0 Å². The van der Waals surface area contributed by atoms with Crippen LogP contribution in [0, 0.1) is 0 Å². The van der Waals surface area contributed by atoms with Crippen LogP contribution in [0.25, 0.3) is 11.1 Å². The zero-order valence-electron chi connectivity index (χ0n) is 16.1. The number of Topliss-reactive ketones (excluding diaryl/α,β-unsaturated/α-hetero) is 1. The predicted octanol–water partition coefficient (Wildman–Crippen LogP) is 4.59. The van der Waals surface area contributed by atoms with Crippen LogP contribution in [-0.2, 0) is 4.74 Å². The Balaban J connectivity index is 1.62. The number of benzene rings is 2. The number of amides is 1. The molecule has 1 aliphatic heterocycles. The van der Waals surface area contributed by atoms with E-state index in [1.807, 2.05) is 55.6 Å². The molecule has 142 valence electrons. The molecule has 1 aliphatic rings. The summed E-state index contributed by atoms with van der Waals surface area (Å²) in [6.45, 7) is 3.11. The van der Waals surface area contributed by atoms with Crippen LogP contribution in [0.2, 0.25) is 0 Å². The quantitative estimate of drug-likeness (QED) is 0.704. The Labute approximate surface area is 161 Å². The fourth-order valence-electron chi connectivity index (χ4n) is 3.42. The van der Waals surface area contributed by atoms with Crippen molar-refractivity contribution < 1.29 is 14.3 Å². The van der Waals surface area contributed by atoms with Crippen molar-refractivity contribution in [3.8, 4) is 11.1 Å². The molecule has 2 aromatic carbocycles. The van der Waals surface area contributed by atoms with Gasteiger partial charge in [0.2, 0.25) is 0 Å². The summed E-state index contributed by atoms with van der Waals surface area (Å²) in [5, 5.41) is 0. The minimum Gasteiger partial charge on any atom is -0.378 e. The van der Waals surface area contributed by atoms with E-state index >= 15 is 0 Å². The lowest BCUT2D eigenvalue weighted by Gasteiger charge is -2.25. The molecule has 4 heteroatoms. The molecule has 4 nitrogen and oxygen atoms in total. The molecule has 1 saturated heterocycles. The van der Waals surface area contributed by atoms with Crippen LogP contribution in [0.15, 0.2) is 48.5 Å². The Morgan fingerprint density at radius 2 is 1.81 bits per heavy atom. The van der Waals surface area contributed by atoms with Crippen LogP contribution in [0.1, 0.15) is 53.3 Å². The van der Waals surface area contributed by atoms with Crippen molar-refractivity contribution in [2.75, 3.05) is 20.2 Å². The minimum atomic E-state index is 0.0230. The third-order valence-corrected chi connectivity index (χ3v) is 5.14. The normalized spacial score (nSPS) is 16.7. The number of rotatable bonds is 6. The highest BCUT2D eigenvalue weighted by Crippen LogP contribution is 2.22. The molecule has 0 saturated carbocycles. The van der Waals surface area contributed by atoms with E-state index < -0.39 is 0 Å². The first-order chi connectivity index (χ1) is 13.0. The third kappa shape index (κ3) is 5.04. The highest BCUT2D eigenvalue weighted by molar-refractivity contribution is 5.96. The van der Waals surface area contributed by atoms with Crippen molar-refractivity contribution in [1.82, 2.24) is 4.90 Å². The van der Waals surface area contributed by atoms with Crippen LogP contribution in [0.4, 0.5) is 0 Å². The average molecular weight is 365 g/mol. The Kier molecular flexibility index (Phi) is 6.40. The predicted molar refractivity (Wildman–Crippen MR) is 107 cm³/mol. The molecule has 0 spiro atoms. The summed E-state index contributed by atoms with van der Waals surface area (Å²) in [5.74, 6) is 0.0714. The van der Waals surface area contributed by atoms with Gasteiger partial charge in [-0.05, 0) is 61.9 Å². The van der Waals surface area contributed by atoms with Crippen molar-refractivity contribution in [3.05, 3.63) is 59.7 Å². The molecular formula is C23H27NO3. The number of ether oxygens (including phenoxy) is 1. The molecule has 0 bridgehead atoms. The maximum atomic E-state index is 12.6. The Bertz CT molecular complexity index is 792. The molecule has 1 amide bonds. The molecule has 0 radical (unpaired) electrons. The maximum absolute atomic E-state index is 12.6. The van der Waals surface area contributed by atoms with E-state index in [4.69, 9.17) is 4.74 Å². The summed E-state index contributed by atoms with van der Waals surface area (Å²) in [5.41, 5.74) is 3.34. The van der Waals surface area contributed by atoms with Crippen molar-refractivity contribution in [2.45, 2.75) is 38.7 Å².